The molecule has 0 atom stereocenters. The molecule has 5 rings (SSSR count). The SMILES string of the molecule is Cc1c(NC(=O)OCC2c3ccccc3-c3ccccc32)cc(C(=O)O)cc1N1CCNCC1. The van der Waals surface area contributed by atoms with Crippen molar-refractivity contribution in [1.29, 1.82) is 0 Å². The molecule has 1 saturated heterocycles. The van der Waals surface area contributed by atoms with E-state index in [2.05, 4.69) is 39.8 Å². The molecule has 7 nitrogen and oxygen atoms in total. The van der Waals surface area contributed by atoms with Crippen LogP contribution in [0.25, 0.3) is 11.1 Å². The number of fused-ring (bicyclic) bond motifs is 3. The van der Waals surface area contributed by atoms with Gasteiger partial charge >= 0.3 is 12.1 Å². The first kappa shape index (κ1) is 22.0. The van der Waals surface area contributed by atoms with Crippen LogP contribution in [0.1, 0.15) is 33.0 Å². The van der Waals surface area contributed by atoms with Gasteiger partial charge in [0, 0.05) is 43.5 Å². The molecule has 0 bridgehead atoms. The Kier molecular flexibility index (Phi) is 5.94. The molecule has 2 aliphatic rings. The van der Waals surface area contributed by atoms with Gasteiger partial charge in [-0.3, -0.25) is 5.32 Å². The average Bonchev–Trinajstić information content (AvgIpc) is 3.18. The quantitative estimate of drug-likeness (QED) is 0.524. The zero-order chi connectivity index (χ0) is 23.7. The summed E-state index contributed by atoms with van der Waals surface area (Å²) < 4.78 is 5.66. The van der Waals surface area contributed by atoms with Gasteiger partial charge in [0.05, 0.1) is 5.56 Å². The minimum Gasteiger partial charge on any atom is -0.478 e. The summed E-state index contributed by atoms with van der Waals surface area (Å²) >= 11 is 0. The number of ether oxygens (including phenoxy) is 1. The van der Waals surface area contributed by atoms with Gasteiger partial charge in [0.2, 0.25) is 0 Å². The molecule has 1 heterocycles. The first-order valence-electron chi connectivity index (χ1n) is 11.5. The van der Waals surface area contributed by atoms with Gasteiger partial charge in [-0.05, 0) is 46.9 Å². The number of carbonyl (C=O) groups is 2. The Morgan fingerprint density at radius 1 is 1.03 bits per heavy atom. The number of rotatable bonds is 5. The van der Waals surface area contributed by atoms with Gasteiger partial charge in [-0.15, -0.1) is 0 Å². The molecule has 34 heavy (non-hydrogen) atoms. The second kappa shape index (κ2) is 9.19. The van der Waals surface area contributed by atoms with E-state index in [1.807, 2.05) is 31.2 Å². The molecule has 1 fully saturated rings. The Hall–Kier alpha value is -3.84. The largest absolute Gasteiger partial charge is 0.478 e. The molecule has 0 saturated carbocycles. The van der Waals surface area contributed by atoms with E-state index in [9.17, 15) is 14.7 Å². The molecular weight excluding hydrogens is 430 g/mol. The lowest BCUT2D eigenvalue weighted by molar-refractivity contribution is 0.0696. The van der Waals surface area contributed by atoms with Crippen molar-refractivity contribution in [2.75, 3.05) is 43.0 Å². The fraction of sp³-hybridized carbons (Fsp3) is 0.259. The standard InChI is InChI=1S/C27H27N3O4/c1-17-24(14-18(26(31)32)15-25(17)30-12-10-28-11-13-30)29-27(33)34-16-23-21-8-4-2-6-19(21)20-7-3-5-9-22(20)23/h2-9,14-15,23,28H,10-13,16H2,1H3,(H,29,33)(H,31,32). The van der Waals surface area contributed by atoms with Crippen LogP contribution < -0.4 is 15.5 Å². The van der Waals surface area contributed by atoms with E-state index in [1.165, 1.54) is 6.07 Å². The normalized spacial score (nSPS) is 14.9. The molecule has 0 radical (unpaired) electrons. The molecule has 3 N–H and O–H groups in total. The molecule has 1 aliphatic heterocycles. The van der Waals surface area contributed by atoms with Crippen LogP contribution in [0.5, 0.6) is 0 Å². The predicted octanol–water partition coefficient (Wildman–Crippen LogP) is 4.46. The molecule has 0 unspecified atom stereocenters. The van der Waals surface area contributed by atoms with Crippen LogP contribution in [0.2, 0.25) is 0 Å². The highest BCUT2D eigenvalue weighted by Crippen LogP contribution is 2.44. The molecule has 0 spiro atoms. The van der Waals surface area contributed by atoms with Crippen LogP contribution in [0.3, 0.4) is 0 Å². The van der Waals surface area contributed by atoms with E-state index in [-0.39, 0.29) is 18.1 Å². The van der Waals surface area contributed by atoms with Gasteiger partial charge in [0.1, 0.15) is 6.61 Å². The summed E-state index contributed by atoms with van der Waals surface area (Å²) in [6.45, 7) is 5.28. The number of hydrogen-bond donors (Lipinski definition) is 3. The monoisotopic (exact) mass is 457 g/mol. The Morgan fingerprint density at radius 3 is 2.26 bits per heavy atom. The van der Waals surface area contributed by atoms with Crippen molar-refractivity contribution in [2.45, 2.75) is 12.8 Å². The van der Waals surface area contributed by atoms with Gasteiger partial charge in [-0.2, -0.15) is 0 Å². The zero-order valence-corrected chi connectivity index (χ0v) is 19.0. The summed E-state index contributed by atoms with van der Waals surface area (Å²) in [4.78, 5) is 26.7. The van der Waals surface area contributed by atoms with Crippen LogP contribution in [-0.2, 0) is 4.74 Å². The molecule has 3 aromatic carbocycles. The number of nitrogens with one attached hydrogen (secondary N) is 2. The van der Waals surface area contributed by atoms with Gasteiger partial charge in [-0.25, -0.2) is 9.59 Å². The van der Waals surface area contributed by atoms with Crippen LogP contribution in [0.4, 0.5) is 16.2 Å². The smallest absolute Gasteiger partial charge is 0.411 e. The number of aromatic carboxylic acids is 1. The molecule has 174 valence electrons. The molecule has 0 aromatic heterocycles. The molecule has 1 aliphatic carbocycles. The number of hydrogen-bond acceptors (Lipinski definition) is 5. The first-order chi connectivity index (χ1) is 16.5. The third-order valence-corrected chi connectivity index (χ3v) is 6.67. The first-order valence-corrected chi connectivity index (χ1v) is 11.5. The molecule has 1 amide bonds. The number of nitrogens with zero attached hydrogens (tertiary/aromatic N) is 1. The maximum atomic E-state index is 12.8. The molecule has 7 heteroatoms. The summed E-state index contributed by atoms with van der Waals surface area (Å²) in [5.74, 6) is -1.08. The minimum atomic E-state index is -1.04. The number of amides is 1. The summed E-state index contributed by atoms with van der Waals surface area (Å²) in [5, 5.41) is 15.7. The van der Waals surface area contributed by atoms with Crippen molar-refractivity contribution in [3.63, 3.8) is 0 Å². The van der Waals surface area contributed by atoms with Crippen molar-refractivity contribution < 1.29 is 19.4 Å². The topological polar surface area (TPSA) is 90.9 Å². The van der Waals surface area contributed by atoms with E-state index in [1.54, 1.807) is 6.07 Å². The van der Waals surface area contributed by atoms with Crippen LogP contribution in [0, 0.1) is 6.92 Å². The summed E-state index contributed by atoms with van der Waals surface area (Å²) in [5.41, 5.74) is 6.83. The van der Waals surface area contributed by atoms with E-state index in [0.29, 0.717) is 5.69 Å². The molecule has 3 aromatic rings. The Bertz CT molecular complexity index is 1200. The number of carboxylic acids is 1. The maximum absolute atomic E-state index is 12.8. The minimum absolute atomic E-state index is 0.0407. The van der Waals surface area contributed by atoms with Crippen LogP contribution in [-0.4, -0.2) is 50.0 Å². The zero-order valence-electron chi connectivity index (χ0n) is 19.0. The summed E-state index contributed by atoms with van der Waals surface area (Å²) in [6.07, 6.45) is -0.598. The van der Waals surface area contributed by atoms with E-state index >= 15 is 0 Å². The van der Waals surface area contributed by atoms with Gasteiger partial charge in [0.15, 0.2) is 0 Å². The van der Waals surface area contributed by atoms with Gasteiger partial charge in [-0.1, -0.05) is 48.5 Å². The number of carboxylic acid groups (broad SMARTS) is 1. The number of piperazine rings is 1. The van der Waals surface area contributed by atoms with Crippen molar-refractivity contribution in [3.8, 4) is 11.1 Å². The van der Waals surface area contributed by atoms with E-state index in [4.69, 9.17) is 4.74 Å². The highest BCUT2D eigenvalue weighted by Gasteiger charge is 2.29. The third-order valence-electron chi connectivity index (χ3n) is 6.67. The maximum Gasteiger partial charge on any atom is 0.411 e. The fourth-order valence-electron chi connectivity index (χ4n) is 4.93. The lowest BCUT2D eigenvalue weighted by atomic mass is 9.98. The fourth-order valence-corrected chi connectivity index (χ4v) is 4.93. The van der Waals surface area contributed by atoms with Crippen LogP contribution in [0.15, 0.2) is 60.7 Å². The highest BCUT2D eigenvalue weighted by atomic mass is 16.5. The summed E-state index contributed by atoms with van der Waals surface area (Å²) in [7, 11) is 0. The Labute approximate surface area is 198 Å². The number of carbonyl (C=O) groups excluding carboxylic acids is 1. The molecular formula is C27H27N3O4. The van der Waals surface area contributed by atoms with Crippen LogP contribution >= 0.6 is 0 Å². The highest BCUT2D eigenvalue weighted by molar-refractivity contribution is 5.95. The number of anilines is 2. The Morgan fingerprint density at radius 2 is 1.65 bits per heavy atom. The van der Waals surface area contributed by atoms with Crippen molar-refractivity contribution in [3.05, 3.63) is 82.9 Å². The van der Waals surface area contributed by atoms with Gasteiger partial charge < -0.3 is 20.1 Å². The lowest BCUT2D eigenvalue weighted by Gasteiger charge is -2.31. The number of benzene rings is 3. The summed E-state index contributed by atoms with van der Waals surface area (Å²) in [6, 6.07) is 19.5. The average molecular weight is 458 g/mol. The van der Waals surface area contributed by atoms with Gasteiger partial charge in [0.25, 0.3) is 0 Å². The van der Waals surface area contributed by atoms with Crippen molar-refractivity contribution >= 4 is 23.4 Å². The van der Waals surface area contributed by atoms with E-state index in [0.717, 1.165) is 59.7 Å². The predicted molar refractivity (Wildman–Crippen MR) is 132 cm³/mol. The second-order valence-electron chi connectivity index (χ2n) is 8.66. The van der Waals surface area contributed by atoms with Crippen molar-refractivity contribution in [2.24, 2.45) is 0 Å². The second-order valence-corrected chi connectivity index (χ2v) is 8.66. The lowest BCUT2D eigenvalue weighted by Crippen LogP contribution is -2.44. The van der Waals surface area contributed by atoms with Crippen molar-refractivity contribution in [1.82, 2.24) is 5.32 Å². The third kappa shape index (κ3) is 4.10. The Balaban J connectivity index is 1.35. The van der Waals surface area contributed by atoms with E-state index < -0.39 is 12.1 Å².